The van der Waals surface area contributed by atoms with Gasteiger partial charge in [0, 0.05) is 35.1 Å². The summed E-state index contributed by atoms with van der Waals surface area (Å²) >= 11 is 0. The molecule has 1 aliphatic heterocycles. The van der Waals surface area contributed by atoms with E-state index in [2.05, 4.69) is 41.4 Å². The Balaban J connectivity index is 1.77. The molecule has 1 unspecified atom stereocenters. The summed E-state index contributed by atoms with van der Waals surface area (Å²) in [4.78, 5) is 14.7. The number of anilines is 1. The van der Waals surface area contributed by atoms with E-state index in [1.807, 2.05) is 42.5 Å². The third kappa shape index (κ3) is 5.27. The van der Waals surface area contributed by atoms with Crippen molar-refractivity contribution in [1.29, 1.82) is 0 Å². The van der Waals surface area contributed by atoms with Crippen molar-refractivity contribution in [2.45, 2.75) is 25.7 Å². The zero-order chi connectivity index (χ0) is 28.0. The molecule has 8 nitrogen and oxygen atoms in total. The van der Waals surface area contributed by atoms with Crippen molar-refractivity contribution in [1.82, 2.24) is 5.43 Å². The topological polar surface area (TPSA) is 81.6 Å². The number of fused-ring (bicyclic) bond motifs is 1. The normalized spacial score (nSPS) is 17.3. The van der Waals surface area contributed by atoms with Gasteiger partial charge in [-0.1, -0.05) is 24.3 Å². The van der Waals surface area contributed by atoms with Gasteiger partial charge < -0.3 is 23.8 Å². The van der Waals surface area contributed by atoms with Crippen LogP contribution in [0.2, 0.25) is 0 Å². The highest BCUT2D eigenvalue weighted by atomic mass is 16.5. The fourth-order valence-corrected chi connectivity index (χ4v) is 5.23. The van der Waals surface area contributed by atoms with Gasteiger partial charge in [-0.3, -0.25) is 4.79 Å². The maximum absolute atomic E-state index is 12.5. The highest BCUT2D eigenvalue weighted by Crippen LogP contribution is 2.52. The molecule has 1 heterocycles. The van der Waals surface area contributed by atoms with Crippen molar-refractivity contribution >= 4 is 17.8 Å². The Morgan fingerprint density at radius 3 is 2.33 bits per heavy atom. The van der Waals surface area contributed by atoms with Gasteiger partial charge in [-0.25, -0.2) is 5.43 Å². The average molecular weight is 530 g/mol. The molecule has 204 valence electrons. The molecule has 0 saturated heterocycles. The highest BCUT2D eigenvalue weighted by molar-refractivity contribution is 5.94. The van der Waals surface area contributed by atoms with Crippen molar-refractivity contribution in [2.75, 3.05) is 39.9 Å². The van der Waals surface area contributed by atoms with Crippen LogP contribution in [0.1, 0.15) is 35.3 Å². The number of nitrogens with one attached hydrogen (secondary N) is 1. The van der Waals surface area contributed by atoms with E-state index in [4.69, 9.17) is 18.9 Å². The summed E-state index contributed by atoms with van der Waals surface area (Å²) in [5.41, 5.74) is 6.88. The summed E-state index contributed by atoms with van der Waals surface area (Å²) < 4.78 is 22.6. The number of hydrazone groups is 1. The van der Waals surface area contributed by atoms with Crippen molar-refractivity contribution in [3.05, 3.63) is 89.1 Å². The summed E-state index contributed by atoms with van der Waals surface area (Å²) in [5, 5.41) is 4.22. The number of rotatable bonds is 10. The SMILES string of the molecule is CCN1/C(=C\C=N\NC(=O)c2ccccc2)C(C)(Cc2ccc(OC)c(OC)c2OC)c2cc(OC)ccc21. The Kier molecular flexibility index (Phi) is 8.44. The van der Waals surface area contributed by atoms with Crippen LogP contribution in [0.4, 0.5) is 5.69 Å². The number of carbonyl (C=O) groups is 1. The lowest BCUT2D eigenvalue weighted by Gasteiger charge is -2.31. The molecule has 0 aliphatic carbocycles. The molecule has 3 aromatic carbocycles. The van der Waals surface area contributed by atoms with E-state index in [9.17, 15) is 4.79 Å². The molecule has 8 heteroatoms. The maximum atomic E-state index is 12.5. The van der Waals surface area contributed by atoms with Gasteiger partial charge in [0.05, 0.1) is 28.4 Å². The molecular formula is C31H35N3O5. The summed E-state index contributed by atoms with van der Waals surface area (Å²) in [6.07, 6.45) is 4.18. The molecule has 0 saturated carbocycles. The van der Waals surface area contributed by atoms with Crippen molar-refractivity contribution in [2.24, 2.45) is 5.10 Å². The Hall–Kier alpha value is -4.46. The lowest BCUT2D eigenvalue weighted by atomic mass is 9.76. The summed E-state index contributed by atoms with van der Waals surface area (Å²) in [6, 6.07) is 19.0. The van der Waals surface area contributed by atoms with Crippen molar-refractivity contribution in [3.8, 4) is 23.0 Å². The van der Waals surface area contributed by atoms with Gasteiger partial charge in [-0.15, -0.1) is 0 Å². The van der Waals surface area contributed by atoms with Gasteiger partial charge in [0.2, 0.25) is 5.75 Å². The van der Waals surface area contributed by atoms with E-state index in [0.717, 1.165) is 34.8 Å². The summed E-state index contributed by atoms with van der Waals surface area (Å²) in [7, 11) is 6.51. The maximum Gasteiger partial charge on any atom is 0.271 e. The molecule has 0 aromatic heterocycles. The van der Waals surface area contributed by atoms with E-state index in [0.29, 0.717) is 29.2 Å². The van der Waals surface area contributed by atoms with Crippen LogP contribution in [0, 0.1) is 0 Å². The Bertz CT molecular complexity index is 1390. The van der Waals surface area contributed by atoms with E-state index in [1.54, 1.807) is 46.8 Å². The number of hydrogen-bond donors (Lipinski definition) is 1. The number of carbonyl (C=O) groups excluding carboxylic acids is 1. The second kappa shape index (κ2) is 11.9. The number of allylic oxidation sites excluding steroid dienone is 2. The first-order valence-corrected chi connectivity index (χ1v) is 12.7. The first-order valence-electron chi connectivity index (χ1n) is 12.7. The zero-order valence-electron chi connectivity index (χ0n) is 23.3. The first kappa shape index (κ1) is 27.6. The van der Waals surface area contributed by atoms with E-state index >= 15 is 0 Å². The minimum Gasteiger partial charge on any atom is -0.497 e. The number of likely N-dealkylation sites (N-methyl/N-ethyl adjacent to an activating group) is 1. The largest absolute Gasteiger partial charge is 0.497 e. The molecule has 0 fully saturated rings. The average Bonchev–Trinajstić information content (AvgIpc) is 3.21. The fourth-order valence-electron chi connectivity index (χ4n) is 5.23. The van der Waals surface area contributed by atoms with Gasteiger partial charge in [-0.05, 0) is 73.9 Å². The van der Waals surface area contributed by atoms with Crippen LogP contribution in [0.3, 0.4) is 0 Å². The Morgan fingerprint density at radius 2 is 1.69 bits per heavy atom. The molecule has 0 radical (unpaired) electrons. The first-order chi connectivity index (χ1) is 18.9. The van der Waals surface area contributed by atoms with Crippen LogP contribution in [0.5, 0.6) is 23.0 Å². The third-order valence-electron chi connectivity index (χ3n) is 7.10. The number of nitrogens with zero attached hydrogens (tertiary/aromatic N) is 2. The smallest absolute Gasteiger partial charge is 0.271 e. The summed E-state index contributed by atoms with van der Waals surface area (Å²) in [5.74, 6) is 2.29. The molecule has 0 bridgehead atoms. The van der Waals surface area contributed by atoms with Gasteiger partial charge >= 0.3 is 0 Å². The second-order valence-corrected chi connectivity index (χ2v) is 9.27. The molecular weight excluding hydrogens is 494 g/mol. The fraction of sp³-hybridized carbons (Fsp3) is 0.290. The number of methoxy groups -OCH3 is 4. The van der Waals surface area contributed by atoms with Crippen LogP contribution >= 0.6 is 0 Å². The minimum absolute atomic E-state index is 0.269. The molecule has 1 aliphatic rings. The van der Waals surface area contributed by atoms with Gasteiger partial charge in [0.1, 0.15) is 5.75 Å². The van der Waals surface area contributed by atoms with Crippen LogP contribution in [0.25, 0.3) is 0 Å². The molecule has 1 atom stereocenters. The van der Waals surface area contributed by atoms with Crippen molar-refractivity contribution < 1.29 is 23.7 Å². The predicted octanol–water partition coefficient (Wildman–Crippen LogP) is 5.36. The van der Waals surface area contributed by atoms with Gasteiger partial charge in [-0.2, -0.15) is 5.10 Å². The van der Waals surface area contributed by atoms with Crippen LogP contribution in [-0.2, 0) is 11.8 Å². The minimum atomic E-state index is -0.484. The quantitative estimate of drug-likeness (QED) is 0.281. The van der Waals surface area contributed by atoms with Crippen LogP contribution in [-0.4, -0.2) is 47.1 Å². The monoisotopic (exact) mass is 529 g/mol. The number of benzene rings is 3. The number of amides is 1. The standard InChI is InChI=1S/C31H35N3O5/c1-7-34-25-15-14-23(36-3)19-24(25)31(2,20-22-13-16-26(37-4)29(39-6)28(22)38-5)27(34)17-18-32-33-30(35)21-11-9-8-10-12-21/h8-19H,7,20H2,1-6H3,(H,33,35)/b27-17-,32-18+. The lowest BCUT2D eigenvalue weighted by molar-refractivity contribution is 0.0955. The van der Waals surface area contributed by atoms with Crippen LogP contribution in [0.15, 0.2) is 77.5 Å². The number of ether oxygens (including phenoxy) is 4. The van der Waals surface area contributed by atoms with Crippen molar-refractivity contribution in [3.63, 3.8) is 0 Å². The zero-order valence-corrected chi connectivity index (χ0v) is 23.3. The summed E-state index contributed by atoms with van der Waals surface area (Å²) in [6.45, 7) is 5.05. The van der Waals surface area contributed by atoms with E-state index in [1.165, 1.54) is 0 Å². The molecule has 3 aromatic rings. The molecule has 1 N–H and O–H groups in total. The predicted molar refractivity (Wildman–Crippen MR) is 154 cm³/mol. The lowest BCUT2D eigenvalue weighted by Crippen LogP contribution is -2.31. The highest BCUT2D eigenvalue weighted by Gasteiger charge is 2.44. The molecule has 39 heavy (non-hydrogen) atoms. The second-order valence-electron chi connectivity index (χ2n) is 9.27. The van der Waals surface area contributed by atoms with E-state index in [-0.39, 0.29) is 5.91 Å². The van der Waals surface area contributed by atoms with Crippen LogP contribution < -0.4 is 29.3 Å². The Labute approximate surface area is 229 Å². The molecule has 0 spiro atoms. The van der Waals surface area contributed by atoms with E-state index < -0.39 is 5.41 Å². The molecule has 4 rings (SSSR count). The Morgan fingerprint density at radius 1 is 0.949 bits per heavy atom. The number of hydrogen-bond acceptors (Lipinski definition) is 7. The van der Waals surface area contributed by atoms with Gasteiger partial charge in [0.25, 0.3) is 5.91 Å². The third-order valence-corrected chi connectivity index (χ3v) is 7.10. The molecule has 1 amide bonds. The van der Waals surface area contributed by atoms with Gasteiger partial charge in [0.15, 0.2) is 11.5 Å².